The van der Waals surface area contributed by atoms with E-state index in [9.17, 15) is 9.50 Å². The third-order valence-corrected chi connectivity index (χ3v) is 2.11. The van der Waals surface area contributed by atoms with Crippen molar-refractivity contribution in [1.29, 1.82) is 0 Å². The highest BCUT2D eigenvalue weighted by Gasteiger charge is 2.15. The first-order chi connectivity index (χ1) is 6.02. The molecule has 0 aromatic heterocycles. The highest BCUT2D eigenvalue weighted by atomic mass is 19.1. The lowest BCUT2D eigenvalue weighted by molar-refractivity contribution is 0.123. The van der Waals surface area contributed by atoms with Gasteiger partial charge in [0.25, 0.3) is 0 Å². The zero-order valence-corrected chi connectivity index (χ0v) is 8.21. The monoisotopic (exact) mass is 182 g/mol. The Hall–Kier alpha value is -0.890. The summed E-state index contributed by atoms with van der Waals surface area (Å²) >= 11 is 0. The van der Waals surface area contributed by atoms with E-state index in [0.29, 0.717) is 5.56 Å². The molecule has 0 bridgehead atoms. The van der Waals surface area contributed by atoms with Gasteiger partial charge in [-0.2, -0.15) is 0 Å². The molecule has 1 unspecified atom stereocenters. The molecule has 0 aliphatic carbocycles. The van der Waals surface area contributed by atoms with Crippen LogP contribution in [0.5, 0.6) is 0 Å². The van der Waals surface area contributed by atoms with Crippen LogP contribution in [0.15, 0.2) is 18.2 Å². The average molecular weight is 182 g/mol. The number of aryl methyl sites for hydroxylation is 1. The number of aliphatic hydroxyl groups excluding tert-OH is 1. The number of hydrogen-bond donors (Lipinski definition) is 1. The van der Waals surface area contributed by atoms with Crippen molar-refractivity contribution in [2.24, 2.45) is 5.92 Å². The first-order valence-corrected chi connectivity index (χ1v) is 4.46. The zero-order chi connectivity index (χ0) is 10.0. The van der Waals surface area contributed by atoms with Gasteiger partial charge in [0.1, 0.15) is 5.82 Å². The molecule has 1 atom stereocenters. The van der Waals surface area contributed by atoms with Gasteiger partial charge >= 0.3 is 0 Å². The SMILES string of the molecule is Cc1ccc(C(O)C(C)C)c(F)c1. The van der Waals surface area contributed by atoms with E-state index in [1.165, 1.54) is 6.07 Å². The number of aliphatic hydroxyl groups is 1. The van der Waals surface area contributed by atoms with E-state index < -0.39 is 6.10 Å². The average Bonchev–Trinajstić information content (AvgIpc) is 2.03. The van der Waals surface area contributed by atoms with Gasteiger partial charge in [0.05, 0.1) is 6.10 Å². The zero-order valence-electron chi connectivity index (χ0n) is 8.21. The van der Waals surface area contributed by atoms with Crippen LogP contribution >= 0.6 is 0 Å². The van der Waals surface area contributed by atoms with Crippen molar-refractivity contribution >= 4 is 0 Å². The second-order valence-corrected chi connectivity index (χ2v) is 3.71. The summed E-state index contributed by atoms with van der Waals surface area (Å²) in [4.78, 5) is 0. The first kappa shape index (κ1) is 10.2. The summed E-state index contributed by atoms with van der Waals surface area (Å²) in [5.74, 6) is -0.279. The number of hydrogen-bond acceptors (Lipinski definition) is 1. The highest BCUT2D eigenvalue weighted by Crippen LogP contribution is 2.24. The van der Waals surface area contributed by atoms with E-state index in [1.54, 1.807) is 6.07 Å². The van der Waals surface area contributed by atoms with Crippen molar-refractivity contribution < 1.29 is 9.50 Å². The van der Waals surface area contributed by atoms with Gasteiger partial charge in [-0.15, -0.1) is 0 Å². The Balaban J connectivity index is 3.01. The summed E-state index contributed by atoms with van der Waals surface area (Å²) in [6.45, 7) is 5.56. The Kier molecular flexibility index (Phi) is 3.04. The highest BCUT2D eigenvalue weighted by molar-refractivity contribution is 5.25. The summed E-state index contributed by atoms with van der Waals surface area (Å²) in [6.07, 6.45) is -0.708. The fourth-order valence-corrected chi connectivity index (χ4v) is 1.23. The minimum absolute atomic E-state index is 0.0391. The summed E-state index contributed by atoms with van der Waals surface area (Å²) in [6, 6.07) is 4.90. The normalized spacial score (nSPS) is 13.4. The van der Waals surface area contributed by atoms with Gasteiger partial charge in [0, 0.05) is 5.56 Å². The van der Waals surface area contributed by atoms with Crippen LogP contribution in [0.1, 0.15) is 31.1 Å². The van der Waals surface area contributed by atoms with Gasteiger partial charge in [-0.1, -0.05) is 26.0 Å². The fraction of sp³-hybridized carbons (Fsp3) is 0.455. The summed E-state index contributed by atoms with van der Waals surface area (Å²) in [5.41, 5.74) is 1.26. The topological polar surface area (TPSA) is 20.2 Å². The summed E-state index contributed by atoms with van der Waals surface area (Å²) in [5, 5.41) is 9.63. The lowest BCUT2D eigenvalue weighted by atomic mass is 9.98. The smallest absolute Gasteiger partial charge is 0.129 e. The van der Waals surface area contributed by atoms with Crippen molar-refractivity contribution in [3.63, 3.8) is 0 Å². The summed E-state index contributed by atoms with van der Waals surface area (Å²) in [7, 11) is 0. The van der Waals surface area contributed by atoms with Crippen LogP contribution in [0.4, 0.5) is 4.39 Å². The molecule has 0 aliphatic heterocycles. The second kappa shape index (κ2) is 3.88. The van der Waals surface area contributed by atoms with E-state index in [0.717, 1.165) is 5.56 Å². The minimum atomic E-state index is -0.708. The standard InChI is InChI=1S/C11H15FO/c1-7(2)11(13)9-5-4-8(3)6-10(9)12/h4-7,11,13H,1-3H3. The molecule has 1 N–H and O–H groups in total. The lowest BCUT2D eigenvalue weighted by Gasteiger charge is -2.15. The second-order valence-electron chi connectivity index (χ2n) is 3.71. The summed E-state index contributed by atoms with van der Waals surface area (Å²) < 4.78 is 13.3. The Morgan fingerprint density at radius 3 is 2.38 bits per heavy atom. The Morgan fingerprint density at radius 1 is 1.31 bits per heavy atom. The maximum absolute atomic E-state index is 13.3. The Morgan fingerprint density at radius 2 is 1.92 bits per heavy atom. The maximum atomic E-state index is 13.3. The molecule has 0 fully saturated rings. The Labute approximate surface area is 78.2 Å². The quantitative estimate of drug-likeness (QED) is 0.745. The molecule has 1 aromatic rings. The lowest BCUT2D eigenvalue weighted by Crippen LogP contribution is -2.07. The van der Waals surface area contributed by atoms with Gasteiger partial charge in [-0.3, -0.25) is 0 Å². The van der Waals surface area contributed by atoms with Crippen LogP contribution in [0, 0.1) is 18.7 Å². The molecular formula is C11H15FO. The predicted molar refractivity (Wildman–Crippen MR) is 50.9 cm³/mol. The van der Waals surface area contributed by atoms with Crippen molar-refractivity contribution in [3.8, 4) is 0 Å². The molecule has 0 saturated heterocycles. The third kappa shape index (κ3) is 2.28. The molecule has 0 amide bonds. The molecule has 13 heavy (non-hydrogen) atoms. The van der Waals surface area contributed by atoms with Gasteiger partial charge < -0.3 is 5.11 Å². The third-order valence-electron chi connectivity index (χ3n) is 2.11. The van der Waals surface area contributed by atoms with Gasteiger partial charge in [-0.25, -0.2) is 4.39 Å². The van der Waals surface area contributed by atoms with Crippen molar-refractivity contribution in [2.45, 2.75) is 26.9 Å². The van der Waals surface area contributed by atoms with Crippen molar-refractivity contribution in [2.75, 3.05) is 0 Å². The fourth-order valence-electron chi connectivity index (χ4n) is 1.23. The minimum Gasteiger partial charge on any atom is -0.388 e. The molecule has 0 heterocycles. The van der Waals surface area contributed by atoms with Crippen molar-refractivity contribution in [3.05, 3.63) is 35.1 Å². The van der Waals surface area contributed by atoms with E-state index in [-0.39, 0.29) is 11.7 Å². The largest absolute Gasteiger partial charge is 0.388 e. The molecule has 72 valence electrons. The number of benzene rings is 1. The number of rotatable bonds is 2. The van der Waals surface area contributed by atoms with Gasteiger partial charge in [-0.05, 0) is 24.5 Å². The van der Waals surface area contributed by atoms with Crippen LogP contribution in [0.3, 0.4) is 0 Å². The Bertz CT molecular complexity index is 294. The van der Waals surface area contributed by atoms with E-state index >= 15 is 0 Å². The molecule has 1 nitrogen and oxygen atoms in total. The molecule has 1 aromatic carbocycles. The molecule has 0 spiro atoms. The molecule has 0 saturated carbocycles. The maximum Gasteiger partial charge on any atom is 0.129 e. The van der Waals surface area contributed by atoms with Crippen LogP contribution in [0.2, 0.25) is 0 Å². The first-order valence-electron chi connectivity index (χ1n) is 4.46. The van der Waals surface area contributed by atoms with Crippen LogP contribution < -0.4 is 0 Å². The van der Waals surface area contributed by atoms with Crippen LogP contribution in [-0.4, -0.2) is 5.11 Å². The molecule has 0 radical (unpaired) electrons. The van der Waals surface area contributed by atoms with Gasteiger partial charge in [0.15, 0.2) is 0 Å². The van der Waals surface area contributed by atoms with Crippen molar-refractivity contribution in [1.82, 2.24) is 0 Å². The molecule has 2 heteroatoms. The van der Waals surface area contributed by atoms with E-state index in [1.807, 2.05) is 26.8 Å². The predicted octanol–water partition coefficient (Wildman–Crippen LogP) is 2.82. The molecule has 1 rings (SSSR count). The van der Waals surface area contributed by atoms with Crippen LogP contribution in [-0.2, 0) is 0 Å². The molecular weight excluding hydrogens is 167 g/mol. The number of halogens is 1. The van der Waals surface area contributed by atoms with E-state index in [4.69, 9.17) is 0 Å². The van der Waals surface area contributed by atoms with Crippen LogP contribution in [0.25, 0.3) is 0 Å². The van der Waals surface area contributed by atoms with E-state index in [2.05, 4.69) is 0 Å². The van der Waals surface area contributed by atoms with Gasteiger partial charge in [0.2, 0.25) is 0 Å². The molecule has 0 aliphatic rings.